The van der Waals surface area contributed by atoms with Gasteiger partial charge in [-0.05, 0) is 24.0 Å². The summed E-state index contributed by atoms with van der Waals surface area (Å²) in [7, 11) is 0. The SMILES string of the molecule is CCc1ccccc1CN1CCCO[C@@H](CN2CCOCC2)C1. The Kier molecular flexibility index (Phi) is 6.46. The molecule has 4 nitrogen and oxygen atoms in total. The van der Waals surface area contributed by atoms with E-state index >= 15 is 0 Å². The molecule has 0 unspecified atom stereocenters. The number of morpholine rings is 1. The molecule has 0 aliphatic carbocycles. The Morgan fingerprint density at radius 2 is 1.78 bits per heavy atom. The predicted octanol–water partition coefficient (Wildman–Crippen LogP) is 2.17. The molecule has 128 valence electrons. The zero-order chi connectivity index (χ0) is 15.9. The van der Waals surface area contributed by atoms with E-state index in [4.69, 9.17) is 9.47 Å². The molecule has 2 aliphatic heterocycles. The third-order valence-electron chi connectivity index (χ3n) is 4.89. The molecule has 3 rings (SSSR count). The molecule has 1 aromatic rings. The predicted molar refractivity (Wildman–Crippen MR) is 92.7 cm³/mol. The van der Waals surface area contributed by atoms with Crippen LogP contribution in [0.1, 0.15) is 24.5 Å². The van der Waals surface area contributed by atoms with Crippen molar-refractivity contribution in [3.05, 3.63) is 35.4 Å². The highest BCUT2D eigenvalue weighted by molar-refractivity contribution is 5.26. The Balaban J connectivity index is 1.58. The Bertz CT molecular complexity index is 474. The zero-order valence-corrected chi connectivity index (χ0v) is 14.4. The fourth-order valence-electron chi connectivity index (χ4n) is 3.59. The summed E-state index contributed by atoms with van der Waals surface area (Å²) in [5.41, 5.74) is 2.95. The van der Waals surface area contributed by atoms with Gasteiger partial charge in [0.25, 0.3) is 0 Å². The Hall–Kier alpha value is -0.940. The molecule has 23 heavy (non-hydrogen) atoms. The van der Waals surface area contributed by atoms with Gasteiger partial charge in [-0.2, -0.15) is 0 Å². The summed E-state index contributed by atoms with van der Waals surface area (Å²) in [4.78, 5) is 5.06. The summed E-state index contributed by atoms with van der Waals surface area (Å²) < 4.78 is 11.6. The minimum Gasteiger partial charge on any atom is -0.379 e. The number of hydrogen-bond donors (Lipinski definition) is 0. The fourth-order valence-corrected chi connectivity index (χ4v) is 3.59. The highest BCUT2D eigenvalue weighted by atomic mass is 16.5. The second-order valence-corrected chi connectivity index (χ2v) is 6.62. The van der Waals surface area contributed by atoms with Crippen LogP contribution < -0.4 is 0 Å². The van der Waals surface area contributed by atoms with Crippen molar-refractivity contribution >= 4 is 0 Å². The summed E-state index contributed by atoms with van der Waals surface area (Å²) >= 11 is 0. The van der Waals surface area contributed by atoms with E-state index in [1.165, 1.54) is 11.1 Å². The molecule has 4 heteroatoms. The summed E-state index contributed by atoms with van der Waals surface area (Å²) in [6.07, 6.45) is 2.57. The first-order valence-electron chi connectivity index (χ1n) is 9.06. The van der Waals surface area contributed by atoms with Crippen LogP contribution in [-0.2, 0) is 22.4 Å². The average molecular weight is 318 g/mol. The third-order valence-corrected chi connectivity index (χ3v) is 4.89. The minimum atomic E-state index is 0.324. The minimum absolute atomic E-state index is 0.324. The molecule has 2 aliphatic rings. The van der Waals surface area contributed by atoms with Crippen molar-refractivity contribution in [3.63, 3.8) is 0 Å². The van der Waals surface area contributed by atoms with Gasteiger partial charge in [0.15, 0.2) is 0 Å². The van der Waals surface area contributed by atoms with Gasteiger partial charge in [0.1, 0.15) is 0 Å². The maximum Gasteiger partial charge on any atom is 0.0828 e. The molecule has 2 fully saturated rings. The van der Waals surface area contributed by atoms with Gasteiger partial charge in [-0.25, -0.2) is 0 Å². The molecule has 0 amide bonds. The van der Waals surface area contributed by atoms with Gasteiger partial charge in [-0.15, -0.1) is 0 Å². The van der Waals surface area contributed by atoms with Crippen molar-refractivity contribution in [2.75, 3.05) is 52.5 Å². The molecular formula is C19H30N2O2. The highest BCUT2D eigenvalue weighted by Crippen LogP contribution is 2.16. The standard InChI is InChI=1S/C19H30N2O2/c1-2-17-6-3-4-7-18(17)14-21-8-5-11-23-19(16-21)15-20-9-12-22-13-10-20/h3-4,6-7,19H,2,5,8-16H2,1H3/t19-/m0/s1. The van der Waals surface area contributed by atoms with Crippen molar-refractivity contribution in [1.29, 1.82) is 0 Å². The normalized spacial score (nSPS) is 24.5. The van der Waals surface area contributed by atoms with Crippen molar-refractivity contribution in [3.8, 4) is 0 Å². The van der Waals surface area contributed by atoms with E-state index in [9.17, 15) is 0 Å². The van der Waals surface area contributed by atoms with Crippen LogP contribution in [0.2, 0.25) is 0 Å². The van der Waals surface area contributed by atoms with E-state index in [0.29, 0.717) is 6.10 Å². The van der Waals surface area contributed by atoms with Crippen molar-refractivity contribution in [1.82, 2.24) is 9.80 Å². The lowest BCUT2D eigenvalue weighted by atomic mass is 10.0. The van der Waals surface area contributed by atoms with Gasteiger partial charge in [-0.3, -0.25) is 9.80 Å². The zero-order valence-electron chi connectivity index (χ0n) is 14.4. The second kappa shape index (κ2) is 8.78. The van der Waals surface area contributed by atoms with Gasteiger partial charge >= 0.3 is 0 Å². The smallest absolute Gasteiger partial charge is 0.0828 e. The number of benzene rings is 1. The average Bonchev–Trinajstić information content (AvgIpc) is 2.81. The molecule has 0 N–H and O–H groups in total. The molecule has 2 heterocycles. The lowest BCUT2D eigenvalue weighted by Crippen LogP contribution is -2.44. The van der Waals surface area contributed by atoms with Crippen LogP contribution in [0.15, 0.2) is 24.3 Å². The van der Waals surface area contributed by atoms with Crippen LogP contribution >= 0.6 is 0 Å². The van der Waals surface area contributed by atoms with E-state index in [2.05, 4.69) is 41.0 Å². The molecule has 0 spiro atoms. The first-order valence-corrected chi connectivity index (χ1v) is 9.06. The van der Waals surface area contributed by atoms with Crippen molar-refractivity contribution in [2.24, 2.45) is 0 Å². The van der Waals surface area contributed by atoms with Crippen LogP contribution in [-0.4, -0.2) is 68.4 Å². The van der Waals surface area contributed by atoms with Gasteiger partial charge in [0.2, 0.25) is 0 Å². The molecule has 0 bridgehead atoms. The molecule has 0 saturated carbocycles. The largest absolute Gasteiger partial charge is 0.379 e. The molecule has 1 aromatic carbocycles. The van der Waals surface area contributed by atoms with Crippen molar-refractivity contribution in [2.45, 2.75) is 32.4 Å². The maximum absolute atomic E-state index is 6.11. The van der Waals surface area contributed by atoms with Gasteiger partial charge in [-0.1, -0.05) is 31.2 Å². The highest BCUT2D eigenvalue weighted by Gasteiger charge is 2.22. The van der Waals surface area contributed by atoms with E-state index in [1.54, 1.807) is 0 Å². The van der Waals surface area contributed by atoms with Crippen LogP contribution in [0, 0.1) is 0 Å². The van der Waals surface area contributed by atoms with Crippen LogP contribution in [0.25, 0.3) is 0 Å². The number of aryl methyl sites for hydroxylation is 1. The Morgan fingerprint density at radius 3 is 2.57 bits per heavy atom. The number of rotatable bonds is 5. The van der Waals surface area contributed by atoms with Crippen LogP contribution in [0.5, 0.6) is 0 Å². The molecule has 2 saturated heterocycles. The first kappa shape index (κ1) is 16.9. The summed E-state index contributed by atoms with van der Waals surface area (Å²) in [5, 5.41) is 0. The lowest BCUT2D eigenvalue weighted by Gasteiger charge is -2.31. The Labute approximate surface area is 140 Å². The Morgan fingerprint density at radius 1 is 1.00 bits per heavy atom. The number of nitrogens with zero attached hydrogens (tertiary/aromatic N) is 2. The van der Waals surface area contributed by atoms with Gasteiger partial charge in [0.05, 0.1) is 19.3 Å². The second-order valence-electron chi connectivity index (χ2n) is 6.62. The van der Waals surface area contributed by atoms with Crippen molar-refractivity contribution < 1.29 is 9.47 Å². The first-order chi connectivity index (χ1) is 11.3. The van der Waals surface area contributed by atoms with E-state index < -0.39 is 0 Å². The summed E-state index contributed by atoms with van der Waals surface area (Å²) in [6, 6.07) is 8.85. The summed E-state index contributed by atoms with van der Waals surface area (Å²) in [5.74, 6) is 0. The summed E-state index contributed by atoms with van der Waals surface area (Å²) in [6.45, 7) is 11.2. The van der Waals surface area contributed by atoms with E-state index in [0.717, 1.165) is 71.9 Å². The van der Waals surface area contributed by atoms with Gasteiger partial charge < -0.3 is 9.47 Å². The fraction of sp³-hybridized carbons (Fsp3) is 0.684. The maximum atomic E-state index is 6.11. The molecule has 1 atom stereocenters. The number of ether oxygens (including phenoxy) is 2. The monoisotopic (exact) mass is 318 g/mol. The lowest BCUT2D eigenvalue weighted by molar-refractivity contribution is -0.0123. The van der Waals surface area contributed by atoms with Crippen LogP contribution in [0.4, 0.5) is 0 Å². The molecule has 0 radical (unpaired) electrons. The molecule has 0 aromatic heterocycles. The van der Waals surface area contributed by atoms with Gasteiger partial charge in [0, 0.05) is 45.9 Å². The van der Waals surface area contributed by atoms with Crippen LogP contribution in [0.3, 0.4) is 0 Å². The van der Waals surface area contributed by atoms with E-state index in [1.807, 2.05) is 0 Å². The topological polar surface area (TPSA) is 24.9 Å². The quantitative estimate of drug-likeness (QED) is 0.831. The molecular weight excluding hydrogens is 288 g/mol. The third kappa shape index (κ3) is 5.01. The number of hydrogen-bond acceptors (Lipinski definition) is 4. The van der Waals surface area contributed by atoms with E-state index in [-0.39, 0.29) is 0 Å².